The van der Waals surface area contributed by atoms with E-state index in [2.05, 4.69) is 12.2 Å². The van der Waals surface area contributed by atoms with Gasteiger partial charge in [-0.25, -0.2) is 0 Å². The minimum atomic E-state index is 0.263. The lowest BCUT2D eigenvalue weighted by atomic mass is 10.3. The summed E-state index contributed by atoms with van der Waals surface area (Å²) in [7, 11) is 0. The van der Waals surface area contributed by atoms with Crippen LogP contribution in [0.15, 0.2) is 11.8 Å². The molecule has 0 heterocycles. The van der Waals surface area contributed by atoms with Gasteiger partial charge in [-0.2, -0.15) is 0 Å². The van der Waals surface area contributed by atoms with Crippen LogP contribution in [0.4, 0.5) is 0 Å². The van der Waals surface area contributed by atoms with E-state index >= 15 is 0 Å². The number of rotatable bonds is 3. The van der Waals surface area contributed by atoms with Crippen LogP contribution < -0.4 is 5.32 Å². The summed E-state index contributed by atoms with van der Waals surface area (Å²) in [5.41, 5.74) is 1.12. The fraction of sp³-hybridized carbons (Fsp3) is 0.625. The third-order valence-electron chi connectivity index (χ3n) is 1.58. The van der Waals surface area contributed by atoms with Gasteiger partial charge in [-0.3, -0.25) is 4.79 Å². The Kier molecular flexibility index (Phi) is 2.49. The van der Waals surface area contributed by atoms with Crippen molar-refractivity contribution in [2.45, 2.75) is 26.2 Å². The molecular formula is C8H13NO. The molecule has 0 atom stereocenters. The first-order chi connectivity index (χ1) is 4.83. The minimum absolute atomic E-state index is 0.263. The minimum Gasteiger partial charge on any atom is -0.388 e. The van der Waals surface area contributed by atoms with Gasteiger partial charge in [0.2, 0.25) is 0 Å². The van der Waals surface area contributed by atoms with Crippen LogP contribution in [0.1, 0.15) is 26.2 Å². The predicted octanol–water partition coefficient (Wildman–Crippen LogP) is 1.23. The van der Waals surface area contributed by atoms with Crippen molar-refractivity contribution in [2.24, 2.45) is 0 Å². The molecule has 0 aliphatic heterocycles. The summed E-state index contributed by atoms with van der Waals surface area (Å²) >= 11 is 0. The lowest BCUT2D eigenvalue weighted by Gasteiger charge is -2.02. The molecule has 0 radical (unpaired) electrons. The topological polar surface area (TPSA) is 29.1 Å². The Balaban J connectivity index is 2.28. The van der Waals surface area contributed by atoms with Crippen LogP contribution in [-0.4, -0.2) is 12.3 Å². The van der Waals surface area contributed by atoms with Crippen molar-refractivity contribution in [3.05, 3.63) is 11.8 Å². The number of carbonyl (C=O) groups is 1. The van der Waals surface area contributed by atoms with E-state index in [4.69, 9.17) is 0 Å². The third-order valence-corrected chi connectivity index (χ3v) is 1.58. The van der Waals surface area contributed by atoms with Gasteiger partial charge in [-0.05, 0) is 12.8 Å². The third kappa shape index (κ3) is 1.87. The van der Waals surface area contributed by atoms with E-state index < -0.39 is 0 Å². The van der Waals surface area contributed by atoms with Crippen molar-refractivity contribution in [2.75, 3.05) is 6.54 Å². The highest BCUT2D eigenvalue weighted by Crippen LogP contribution is 2.11. The van der Waals surface area contributed by atoms with Crippen molar-refractivity contribution in [3.63, 3.8) is 0 Å². The molecule has 0 aromatic carbocycles. The van der Waals surface area contributed by atoms with E-state index in [9.17, 15) is 4.79 Å². The van der Waals surface area contributed by atoms with Crippen LogP contribution in [0.2, 0.25) is 0 Å². The summed E-state index contributed by atoms with van der Waals surface area (Å²) in [6.07, 6.45) is 4.45. The molecule has 1 rings (SSSR count). The molecule has 0 saturated carbocycles. The second-order valence-corrected chi connectivity index (χ2v) is 2.56. The summed E-state index contributed by atoms with van der Waals surface area (Å²) in [5, 5.41) is 3.20. The zero-order valence-corrected chi connectivity index (χ0v) is 6.31. The molecule has 1 N–H and O–H groups in total. The van der Waals surface area contributed by atoms with Crippen molar-refractivity contribution in [1.29, 1.82) is 0 Å². The second-order valence-electron chi connectivity index (χ2n) is 2.56. The Bertz CT molecular complexity index is 161. The van der Waals surface area contributed by atoms with E-state index in [0.717, 1.165) is 25.1 Å². The number of ketones is 1. The van der Waals surface area contributed by atoms with E-state index in [1.807, 2.05) is 0 Å². The molecule has 0 spiro atoms. The summed E-state index contributed by atoms with van der Waals surface area (Å²) in [6, 6.07) is 0. The van der Waals surface area contributed by atoms with Gasteiger partial charge in [-0.1, -0.05) is 6.92 Å². The number of nitrogens with one attached hydrogen (secondary N) is 1. The largest absolute Gasteiger partial charge is 0.388 e. The van der Waals surface area contributed by atoms with Gasteiger partial charge in [0, 0.05) is 24.7 Å². The number of hydrogen-bond acceptors (Lipinski definition) is 2. The fourth-order valence-electron chi connectivity index (χ4n) is 1.02. The summed E-state index contributed by atoms with van der Waals surface area (Å²) in [5.74, 6) is 0.263. The van der Waals surface area contributed by atoms with Crippen LogP contribution in [0.3, 0.4) is 0 Å². The van der Waals surface area contributed by atoms with Crippen LogP contribution in [-0.2, 0) is 4.79 Å². The molecule has 1 aliphatic rings. The average Bonchev–Trinajstić information content (AvgIpc) is 2.31. The van der Waals surface area contributed by atoms with Crippen LogP contribution >= 0.6 is 0 Å². The fourth-order valence-corrected chi connectivity index (χ4v) is 1.02. The first-order valence-corrected chi connectivity index (χ1v) is 3.80. The molecule has 0 fully saturated rings. The van der Waals surface area contributed by atoms with Gasteiger partial charge < -0.3 is 5.32 Å². The van der Waals surface area contributed by atoms with Gasteiger partial charge in [0.05, 0.1) is 0 Å². The molecular weight excluding hydrogens is 126 g/mol. The maximum Gasteiger partial charge on any atom is 0.157 e. The smallest absolute Gasteiger partial charge is 0.157 e. The van der Waals surface area contributed by atoms with Crippen LogP contribution in [0.5, 0.6) is 0 Å². The van der Waals surface area contributed by atoms with Gasteiger partial charge >= 0.3 is 0 Å². The zero-order valence-electron chi connectivity index (χ0n) is 6.31. The molecule has 2 nitrogen and oxygen atoms in total. The first kappa shape index (κ1) is 7.32. The predicted molar refractivity (Wildman–Crippen MR) is 40.6 cm³/mol. The highest BCUT2D eigenvalue weighted by Gasteiger charge is 2.09. The molecule has 2 heteroatoms. The summed E-state index contributed by atoms with van der Waals surface area (Å²) in [4.78, 5) is 10.7. The lowest BCUT2D eigenvalue weighted by Crippen LogP contribution is -2.11. The standard InChI is InChI=1S/C8H13NO/c1-2-5-9-7-3-4-8(10)6-7/h6,9H,2-5H2,1H3. The molecule has 0 aromatic rings. The van der Waals surface area contributed by atoms with E-state index in [1.165, 1.54) is 0 Å². The molecule has 0 saturated heterocycles. The van der Waals surface area contributed by atoms with Crippen LogP contribution in [0.25, 0.3) is 0 Å². The zero-order chi connectivity index (χ0) is 7.40. The molecule has 0 aromatic heterocycles. The van der Waals surface area contributed by atoms with E-state index in [1.54, 1.807) is 6.08 Å². The summed E-state index contributed by atoms with van der Waals surface area (Å²) < 4.78 is 0. The lowest BCUT2D eigenvalue weighted by molar-refractivity contribution is -0.114. The van der Waals surface area contributed by atoms with E-state index in [-0.39, 0.29) is 5.78 Å². The SMILES string of the molecule is CCCNC1=CC(=O)CC1. The van der Waals surface area contributed by atoms with E-state index in [0.29, 0.717) is 6.42 Å². The van der Waals surface area contributed by atoms with Crippen molar-refractivity contribution >= 4 is 5.78 Å². The molecule has 1 aliphatic carbocycles. The van der Waals surface area contributed by atoms with Gasteiger partial charge in [0.25, 0.3) is 0 Å². The summed E-state index contributed by atoms with van der Waals surface area (Å²) in [6.45, 7) is 3.10. The molecule has 0 unspecified atom stereocenters. The Hall–Kier alpha value is -0.790. The highest BCUT2D eigenvalue weighted by molar-refractivity contribution is 5.92. The molecule has 10 heavy (non-hydrogen) atoms. The van der Waals surface area contributed by atoms with Crippen LogP contribution in [0, 0.1) is 0 Å². The Morgan fingerprint density at radius 1 is 1.60 bits per heavy atom. The monoisotopic (exact) mass is 139 g/mol. The number of hydrogen-bond donors (Lipinski definition) is 1. The molecule has 0 bridgehead atoms. The Labute approximate surface area is 61.3 Å². The maximum atomic E-state index is 10.7. The Morgan fingerprint density at radius 3 is 2.90 bits per heavy atom. The average molecular weight is 139 g/mol. The first-order valence-electron chi connectivity index (χ1n) is 3.80. The number of allylic oxidation sites excluding steroid dienone is 2. The second kappa shape index (κ2) is 3.40. The molecule has 56 valence electrons. The highest BCUT2D eigenvalue weighted by atomic mass is 16.1. The quantitative estimate of drug-likeness (QED) is 0.637. The van der Waals surface area contributed by atoms with Gasteiger partial charge in [0.15, 0.2) is 5.78 Å². The Morgan fingerprint density at radius 2 is 2.40 bits per heavy atom. The van der Waals surface area contributed by atoms with Crippen molar-refractivity contribution in [3.8, 4) is 0 Å². The van der Waals surface area contributed by atoms with Crippen molar-refractivity contribution in [1.82, 2.24) is 5.32 Å². The van der Waals surface area contributed by atoms with Crippen molar-refractivity contribution < 1.29 is 4.79 Å². The maximum absolute atomic E-state index is 10.7. The molecule has 0 amide bonds. The normalized spacial score (nSPS) is 17.3. The van der Waals surface area contributed by atoms with Gasteiger partial charge in [0.1, 0.15) is 0 Å². The van der Waals surface area contributed by atoms with Gasteiger partial charge in [-0.15, -0.1) is 0 Å². The number of carbonyl (C=O) groups excluding carboxylic acids is 1.